The van der Waals surface area contributed by atoms with Gasteiger partial charge in [0.15, 0.2) is 6.29 Å². The van der Waals surface area contributed by atoms with Gasteiger partial charge < -0.3 is 14.9 Å². The Morgan fingerprint density at radius 3 is 1.27 bits per heavy atom. The van der Waals surface area contributed by atoms with E-state index >= 15 is 0 Å². The molecule has 0 amide bonds. The van der Waals surface area contributed by atoms with E-state index in [0.29, 0.717) is 6.42 Å². The molecule has 2 N–H and O–H groups in total. The van der Waals surface area contributed by atoms with Crippen LogP contribution in [0.3, 0.4) is 0 Å². The van der Waals surface area contributed by atoms with Crippen LogP contribution in [0.1, 0.15) is 61.3 Å². The zero-order chi connectivity index (χ0) is 12.7. The van der Waals surface area contributed by atoms with Gasteiger partial charge in [0.1, 0.15) is 0 Å². The first kappa shape index (κ1) is 17.3. The highest BCUT2D eigenvalue weighted by atomic mass is 16.5. The van der Waals surface area contributed by atoms with Crippen molar-refractivity contribution in [3.63, 3.8) is 0 Å². The Morgan fingerprint density at radius 1 is 0.933 bits per heavy atom. The van der Waals surface area contributed by atoms with Crippen molar-refractivity contribution in [3.8, 4) is 0 Å². The summed E-state index contributed by atoms with van der Waals surface area (Å²) in [5.74, 6) is 0. The molecule has 0 atom stereocenters. The summed E-state index contributed by atoms with van der Waals surface area (Å²) in [6, 6.07) is 0. The van der Waals surface area contributed by atoms with Crippen molar-refractivity contribution < 1.29 is 14.9 Å². The van der Waals surface area contributed by atoms with Crippen molar-refractivity contribution in [2.24, 2.45) is 0 Å². The second-order valence-corrected chi connectivity index (χ2v) is 5.60. The number of hydrogen-bond acceptors (Lipinski definition) is 3. The monoisotopic (exact) mass is 220 g/mol. The second-order valence-electron chi connectivity index (χ2n) is 5.60. The Bertz CT molecular complexity index is 128. The molecule has 3 heteroatoms. The van der Waals surface area contributed by atoms with E-state index in [1.165, 1.54) is 0 Å². The summed E-state index contributed by atoms with van der Waals surface area (Å²) in [6.45, 7) is 14.3. The maximum absolute atomic E-state index is 8.11. The van der Waals surface area contributed by atoms with Gasteiger partial charge in [0.05, 0.1) is 11.2 Å². The molecule has 0 aromatic rings. The molecule has 0 aromatic heterocycles. The number of aliphatic hydroxyl groups excluding tert-OH is 1. The first-order chi connectivity index (χ1) is 6.48. The van der Waals surface area contributed by atoms with Crippen LogP contribution in [-0.2, 0) is 4.74 Å². The minimum absolute atomic E-state index is 0.0156. The normalized spacial score (nSPS) is 12.4. The first-order valence-corrected chi connectivity index (χ1v) is 5.54. The standard InChI is InChI=1S/C8H18O.C4H10O2/c1-7(2,3)9-8(4,5)6;1-2-3-4(5)6/h1-6H3;4-6H,2-3H2,1H3. The molecule has 15 heavy (non-hydrogen) atoms. The molecule has 0 aromatic carbocycles. The molecule has 0 unspecified atom stereocenters. The summed E-state index contributed by atoms with van der Waals surface area (Å²) >= 11 is 0. The van der Waals surface area contributed by atoms with E-state index in [-0.39, 0.29) is 11.2 Å². The van der Waals surface area contributed by atoms with E-state index in [2.05, 4.69) is 41.5 Å². The molecular weight excluding hydrogens is 192 g/mol. The van der Waals surface area contributed by atoms with E-state index in [9.17, 15) is 0 Å². The lowest BCUT2D eigenvalue weighted by Gasteiger charge is -2.30. The Balaban J connectivity index is 0. The molecule has 0 aliphatic rings. The van der Waals surface area contributed by atoms with Gasteiger partial charge in [-0.1, -0.05) is 13.3 Å². The van der Waals surface area contributed by atoms with Gasteiger partial charge in [-0.15, -0.1) is 0 Å². The van der Waals surface area contributed by atoms with Crippen molar-refractivity contribution in [1.29, 1.82) is 0 Å². The van der Waals surface area contributed by atoms with E-state index in [0.717, 1.165) is 6.42 Å². The van der Waals surface area contributed by atoms with Gasteiger partial charge >= 0.3 is 0 Å². The summed E-state index contributed by atoms with van der Waals surface area (Å²) < 4.78 is 5.62. The predicted octanol–water partition coefficient (Wildman–Crippen LogP) is 2.70. The fraction of sp³-hybridized carbons (Fsp3) is 1.00. The van der Waals surface area contributed by atoms with Crippen LogP contribution in [0.4, 0.5) is 0 Å². The fourth-order valence-electron chi connectivity index (χ4n) is 1.18. The number of hydrogen-bond donors (Lipinski definition) is 2. The SMILES string of the molecule is CC(C)(C)OC(C)(C)C.CCCC(O)O. The number of rotatable bonds is 2. The van der Waals surface area contributed by atoms with Gasteiger partial charge in [-0.05, 0) is 48.0 Å². The quantitative estimate of drug-likeness (QED) is 0.703. The molecule has 3 nitrogen and oxygen atoms in total. The minimum Gasteiger partial charge on any atom is -0.370 e. The van der Waals surface area contributed by atoms with Gasteiger partial charge in [0.2, 0.25) is 0 Å². The van der Waals surface area contributed by atoms with E-state index in [1.54, 1.807) is 0 Å². The number of aliphatic hydroxyl groups is 2. The van der Waals surface area contributed by atoms with Gasteiger partial charge in [-0.3, -0.25) is 0 Å². The third-order valence-electron chi connectivity index (χ3n) is 1.16. The van der Waals surface area contributed by atoms with Crippen molar-refractivity contribution in [2.75, 3.05) is 0 Å². The molecule has 0 rings (SSSR count). The zero-order valence-corrected chi connectivity index (χ0v) is 11.3. The van der Waals surface area contributed by atoms with Crippen molar-refractivity contribution in [2.45, 2.75) is 78.8 Å². The molecule has 0 fully saturated rings. The summed E-state index contributed by atoms with van der Waals surface area (Å²) in [5, 5.41) is 16.2. The average molecular weight is 220 g/mol. The van der Waals surface area contributed by atoms with Crippen LogP contribution in [0, 0.1) is 0 Å². The highest BCUT2D eigenvalue weighted by Gasteiger charge is 2.19. The Kier molecular flexibility index (Phi) is 8.30. The van der Waals surface area contributed by atoms with Crippen LogP contribution in [0.2, 0.25) is 0 Å². The maximum Gasteiger partial charge on any atom is 0.151 e. The Labute approximate surface area is 94.5 Å². The largest absolute Gasteiger partial charge is 0.370 e. The lowest BCUT2D eigenvalue weighted by molar-refractivity contribution is -0.102. The predicted molar refractivity (Wildman–Crippen MR) is 63.7 cm³/mol. The van der Waals surface area contributed by atoms with Crippen LogP contribution in [-0.4, -0.2) is 27.7 Å². The van der Waals surface area contributed by atoms with Gasteiger partial charge in [-0.25, -0.2) is 0 Å². The van der Waals surface area contributed by atoms with Gasteiger partial charge in [-0.2, -0.15) is 0 Å². The molecule has 94 valence electrons. The average Bonchev–Trinajstić information content (AvgIpc) is 1.77. The molecule has 0 radical (unpaired) electrons. The summed E-state index contributed by atoms with van der Waals surface area (Å²) in [5.41, 5.74) is -0.0312. The molecule has 0 bridgehead atoms. The van der Waals surface area contributed by atoms with Crippen molar-refractivity contribution in [3.05, 3.63) is 0 Å². The lowest BCUT2D eigenvalue weighted by atomic mass is 10.1. The molecular formula is C12H28O3. The first-order valence-electron chi connectivity index (χ1n) is 5.54. The maximum atomic E-state index is 8.11. The third kappa shape index (κ3) is 24.8. The van der Waals surface area contributed by atoms with Gasteiger partial charge in [0, 0.05) is 0 Å². The van der Waals surface area contributed by atoms with E-state index < -0.39 is 6.29 Å². The zero-order valence-electron chi connectivity index (χ0n) is 11.3. The molecule has 0 saturated heterocycles. The van der Waals surface area contributed by atoms with Crippen molar-refractivity contribution in [1.82, 2.24) is 0 Å². The van der Waals surface area contributed by atoms with E-state index in [4.69, 9.17) is 14.9 Å². The molecule has 0 aliphatic heterocycles. The van der Waals surface area contributed by atoms with E-state index in [1.807, 2.05) is 6.92 Å². The smallest absolute Gasteiger partial charge is 0.151 e. The van der Waals surface area contributed by atoms with Crippen LogP contribution in [0.5, 0.6) is 0 Å². The minimum atomic E-state index is -1.10. The topological polar surface area (TPSA) is 49.7 Å². The highest BCUT2D eigenvalue weighted by molar-refractivity contribution is 4.68. The lowest BCUT2D eigenvalue weighted by Crippen LogP contribution is -2.31. The summed E-state index contributed by atoms with van der Waals surface area (Å²) in [6.07, 6.45) is 0.215. The molecule has 0 saturated carbocycles. The molecule has 0 aliphatic carbocycles. The van der Waals surface area contributed by atoms with Crippen molar-refractivity contribution >= 4 is 0 Å². The second kappa shape index (κ2) is 7.20. The molecule has 0 spiro atoms. The van der Waals surface area contributed by atoms with Crippen LogP contribution in [0.15, 0.2) is 0 Å². The highest BCUT2D eigenvalue weighted by Crippen LogP contribution is 2.17. The summed E-state index contributed by atoms with van der Waals surface area (Å²) in [4.78, 5) is 0. The van der Waals surface area contributed by atoms with Crippen LogP contribution in [0.25, 0.3) is 0 Å². The van der Waals surface area contributed by atoms with Gasteiger partial charge in [0.25, 0.3) is 0 Å². The summed E-state index contributed by atoms with van der Waals surface area (Å²) in [7, 11) is 0. The Morgan fingerprint density at radius 2 is 1.27 bits per heavy atom. The van der Waals surface area contributed by atoms with Crippen LogP contribution >= 0.6 is 0 Å². The third-order valence-corrected chi connectivity index (χ3v) is 1.16. The number of ether oxygens (including phenoxy) is 1. The fourth-order valence-corrected chi connectivity index (χ4v) is 1.18. The van der Waals surface area contributed by atoms with Crippen LogP contribution < -0.4 is 0 Å². The Hall–Kier alpha value is -0.120. The molecule has 0 heterocycles.